The molecule has 0 radical (unpaired) electrons. The Balaban J connectivity index is 1.77. The SMILES string of the molecule is CN1C2CCC1CN(C(CN)c1cc(Br)cs1)CC2. The maximum atomic E-state index is 6.06. The highest BCUT2D eigenvalue weighted by atomic mass is 79.9. The Bertz CT molecular complexity index is 436. The molecule has 0 spiro atoms. The van der Waals surface area contributed by atoms with Crippen LogP contribution in [0.2, 0.25) is 0 Å². The molecular weight excluding hydrogens is 322 g/mol. The summed E-state index contributed by atoms with van der Waals surface area (Å²) < 4.78 is 1.18. The minimum absolute atomic E-state index is 0.393. The van der Waals surface area contributed by atoms with Gasteiger partial charge in [0.25, 0.3) is 0 Å². The summed E-state index contributed by atoms with van der Waals surface area (Å²) in [7, 11) is 2.30. The summed E-state index contributed by atoms with van der Waals surface area (Å²) in [5.74, 6) is 0. The second-order valence-electron chi connectivity index (χ2n) is 5.75. The predicted octanol–water partition coefficient (Wildman–Crippen LogP) is 2.68. The number of likely N-dealkylation sites (N-methyl/N-ethyl adjacent to an activating group) is 1. The topological polar surface area (TPSA) is 32.5 Å². The summed E-state index contributed by atoms with van der Waals surface area (Å²) in [5.41, 5.74) is 6.06. The summed E-state index contributed by atoms with van der Waals surface area (Å²) >= 11 is 5.38. The first-order valence-corrected chi connectivity index (χ1v) is 8.76. The van der Waals surface area contributed by atoms with Gasteiger partial charge in [0.2, 0.25) is 0 Å². The molecule has 1 aromatic heterocycles. The van der Waals surface area contributed by atoms with Crippen molar-refractivity contribution in [3.05, 3.63) is 20.8 Å². The van der Waals surface area contributed by atoms with Gasteiger partial charge in [0.05, 0.1) is 6.04 Å². The third-order valence-electron chi connectivity index (χ3n) is 4.76. The van der Waals surface area contributed by atoms with Crippen molar-refractivity contribution in [1.82, 2.24) is 9.80 Å². The standard InChI is InChI=1S/C14H22BrN3S/c1-17-11-2-3-12(17)8-18(5-4-11)13(7-16)14-6-10(15)9-19-14/h6,9,11-13H,2-5,7-8,16H2,1H3. The molecule has 2 fully saturated rings. The smallest absolute Gasteiger partial charge is 0.0565 e. The quantitative estimate of drug-likeness (QED) is 0.915. The van der Waals surface area contributed by atoms with E-state index in [-0.39, 0.29) is 0 Å². The Labute approximate surface area is 127 Å². The molecule has 5 heteroatoms. The number of thiophene rings is 1. The fourth-order valence-corrected chi connectivity index (χ4v) is 5.16. The Morgan fingerprint density at radius 2 is 2.21 bits per heavy atom. The molecule has 3 nitrogen and oxygen atoms in total. The molecule has 0 saturated carbocycles. The van der Waals surface area contributed by atoms with Crippen molar-refractivity contribution in [3.63, 3.8) is 0 Å². The maximum absolute atomic E-state index is 6.06. The molecule has 3 rings (SSSR count). The molecule has 0 aliphatic carbocycles. The van der Waals surface area contributed by atoms with Crippen molar-refractivity contribution < 1.29 is 0 Å². The Kier molecular flexibility index (Phi) is 4.29. The number of rotatable bonds is 3. The van der Waals surface area contributed by atoms with E-state index in [1.54, 1.807) is 0 Å². The highest BCUT2D eigenvalue weighted by Gasteiger charge is 2.36. The Hall–Kier alpha value is 0.0600. The van der Waals surface area contributed by atoms with Crippen LogP contribution in [0.15, 0.2) is 15.9 Å². The number of hydrogen-bond donors (Lipinski definition) is 1. The Morgan fingerprint density at radius 1 is 1.42 bits per heavy atom. The van der Waals surface area contributed by atoms with E-state index >= 15 is 0 Å². The fraction of sp³-hybridized carbons (Fsp3) is 0.714. The van der Waals surface area contributed by atoms with Gasteiger partial charge in [-0.2, -0.15) is 0 Å². The number of halogens is 1. The van der Waals surface area contributed by atoms with E-state index in [2.05, 4.69) is 44.2 Å². The zero-order valence-corrected chi connectivity index (χ0v) is 13.8. The van der Waals surface area contributed by atoms with Gasteiger partial charge in [-0.25, -0.2) is 0 Å². The first-order chi connectivity index (χ1) is 9.19. The van der Waals surface area contributed by atoms with Crippen molar-refractivity contribution in [2.24, 2.45) is 5.73 Å². The first kappa shape index (κ1) is 14.0. The summed E-state index contributed by atoms with van der Waals surface area (Å²) in [5, 5.41) is 2.16. The highest BCUT2D eigenvalue weighted by Crippen LogP contribution is 2.34. The van der Waals surface area contributed by atoms with Crippen molar-refractivity contribution in [1.29, 1.82) is 0 Å². The lowest BCUT2D eigenvalue weighted by molar-refractivity contribution is 0.177. The summed E-state index contributed by atoms with van der Waals surface area (Å²) in [6.45, 7) is 3.07. The van der Waals surface area contributed by atoms with Crippen LogP contribution in [0.1, 0.15) is 30.2 Å². The van der Waals surface area contributed by atoms with Crippen molar-refractivity contribution in [2.45, 2.75) is 37.4 Å². The molecule has 106 valence electrons. The van der Waals surface area contributed by atoms with Crippen molar-refractivity contribution in [3.8, 4) is 0 Å². The second-order valence-corrected chi connectivity index (χ2v) is 7.61. The molecule has 0 amide bonds. The van der Waals surface area contributed by atoms with Crippen LogP contribution in [-0.2, 0) is 0 Å². The molecule has 2 aliphatic heterocycles. The zero-order chi connectivity index (χ0) is 13.4. The molecule has 1 aromatic rings. The minimum atomic E-state index is 0.393. The van der Waals surface area contributed by atoms with Gasteiger partial charge in [0.1, 0.15) is 0 Å². The predicted molar refractivity (Wildman–Crippen MR) is 84.6 cm³/mol. The van der Waals surface area contributed by atoms with Gasteiger partial charge in [0, 0.05) is 46.4 Å². The zero-order valence-electron chi connectivity index (χ0n) is 11.4. The highest BCUT2D eigenvalue weighted by molar-refractivity contribution is 9.10. The lowest BCUT2D eigenvalue weighted by atomic mass is 10.1. The normalized spacial score (nSPS) is 30.5. The van der Waals surface area contributed by atoms with E-state index < -0.39 is 0 Å². The fourth-order valence-electron chi connectivity index (χ4n) is 3.57. The van der Waals surface area contributed by atoms with E-state index in [1.807, 2.05) is 11.3 Å². The van der Waals surface area contributed by atoms with Gasteiger partial charge in [-0.05, 0) is 48.3 Å². The van der Waals surface area contributed by atoms with Gasteiger partial charge in [0.15, 0.2) is 0 Å². The van der Waals surface area contributed by atoms with Crippen LogP contribution in [0.4, 0.5) is 0 Å². The number of likely N-dealkylation sites (tertiary alicyclic amines) is 1. The number of hydrogen-bond acceptors (Lipinski definition) is 4. The largest absolute Gasteiger partial charge is 0.329 e. The third-order valence-corrected chi connectivity index (χ3v) is 6.55. The molecule has 2 aliphatic rings. The second kappa shape index (κ2) is 5.82. The molecule has 2 bridgehead atoms. The molecule has 3 atom stereocenters. The van der Waals surface area contributed by atoms with Crippen molar-refractivity contribution in [2.75, 3.05) is 26.7 Å². The summed E-state index contributed by atoms with van der Waals surface area (Å²) in [4.78, 5) is 6.60. The van der Waals surface area contributed by atoms with Gasteiger partial charge < -0.3 is 5.73 Å². The van der Waals surface area contributed by atoms with Gasteiger partial charge in [-0.1, -0.05) is 0 Å². The molecular formula is C14H22BrN3S. The van der Waals surface area contributed by atoms with Crippen LogP contribution in [0.5, 0.6) is 0 Å². The number of nitrogens with zero attached hydrogens (tertiary/aromatic N) is 2. The maximum Gasteiger partial charge on any atom is 0.0565 e. The molecule has 3 unspecified atom stereocenters. The average Bonchev–Trinajstić information content (AvgIpc) is 2.88. The number of nitrogens with two attached hydrogens (primary N) is 1. The molecule has 0 aromatic carbocycles. The van der Waals surface area contributed by atoms with E-state index in [9.17, 15) is 0 Å². The summed E-state index contributed by atoms with van der Waals surface area (Å²) in [6, 6.07) is 4.15. The van der Waals surface area contributed by atoms with E-state index in [0.29, 0.717) is 12.6 Å². The van der Waals surface area contributed by atoms with Crippen LogP contribution in [0, 0.1) is 0 Å². The Morgan fingerprint density at radius 3 is 2.89 bits per heavy atom. The molecule has 2 saturated heterocycles. The van der Waals surface area contributed by atoms with Crippen molar-refractivity contribution >= 4 is 27.3 Å². The van der Waals surface area contributed by atoms with Gasteiger partial charge in [-0.15, -0.1) is 11.3 Å². The average molecular weight is 344 g/mol. The van der Waals surface area contributed by atoms with Crippen LogP contribution >= 0.6 is 27.3 Å². The number of fused-ring (bicyclic) bond motifs is 2. The monoisotopic (exact) mass is 343 g/mol. The van der Waals surface area contributed by atoms with E-state index in [0.717, 1.165) is 12.1 Å². The van der Waals surface area contributed by atoms with Crippen LogP contribution in [0.3, 0.4) is 0 Å². The lowest BCUT2D eigenvalue weighted by Gasteiger charge is -2.32. The summed E-state index contributed by atoms with van der Waals surface area (Å²) in [6.07, 6.45) is 4.02. The third kappa shape index (κ3) is 2.76. The lowest BCUT2D eigenvalue weighted by Crippen LogP contribution is -2.40. The van der Waals surface area contributed by atoms with E-state index in [1.165, 1.54) is 41.7 Å². The van der Waals surface area contributed by atoms with Gasteiger partial charge in [-0.3, -0.25) is 9.80 Å². The molecule has 2 N–H and O–H groups in total. The van der Waals surface area contributed by atoms with E-state index in [4.69, 9.17) is 5.73 Å². The molecule has 19 heavy (non-hydrogen) atoms. The minimum Gasteiger partial charge on any atom is -0.329 e. The molecule has 3 heterocycles. The van der Waals surface area contributed by atoms with Crippen LogP contribution in [-0.4, -0.2) is 48.6 Å². The van der Waals surface area contributed by atoms with Gasteiger partial charge >= 0.3 is 0 Å². The van der Waals surface area contributed by atoms with Crippen LogP contribution in [0.25, 0.3) is 0 Å². The first-order valence-electron chi connectivity index (χ1n) is 7.09. The van der Waals surface area contributed by atoms with Crippen LogP contribution < -0.4 is 5.73 Å².